The summed E-state index contributed by atoms with van der Waals surface area (Å²) in [7, 11) is 0. The molecule has 1 aliphatic heterocycles. The minimum atomic E-state index is 0.213. The van der Waals surface area contributed by atoms with Crippen LogP contribution in [0.5, 0.6) is 0 Å². The van der Waals surface area contributed by atoms with Crippen LogP contribution in [0.1, 0.15) is 24.5 Å². The molecule has 2 aromatic heterocycles. The molecule has 3 heterocycles. The van der Waals surface area contributed by atoms with Crippen LogP contribution in [0.4, 0.5) is 5.69 Å². The zero-order valence-corrected chi connectivity index (χ0v) is 30.5. The molecule has 1 fully saturated rings. The smallest absolute Gasteiger partial charge is 0.145 e. The molecule has 0 radical (unpaired) electrons. The van der Waals surface area contributed by atoms with Gasteiger partial charge in [-0.15, -0.1) is 0 Å². The van der Waals surface area contributed by atoms with Gasteiger partial charge in [0.25, 0.3) is 0 Å². The average Bonchev–Trinajstić information content (AvgIpc) is 3.74. The van der Waals surface area contributed by atoms with Gasteiger partial charge in [0.15, 0.2) is 0 Å². The van der Waals surface area contributed by atoms with Gasteiger partial charge in [-0.3, -0.25) is 4.57 Å². The Morgan fingerprint density at radius 3 is 2.11 bits per heavy atom. The molecule has 0 amide bonds. The fourth-order valence-corrected chi connectivity index (χ4v) is 8.60. The van der Waals surface area contributed by atoms with Crippen molar-refractivity contribution in [1.29, 1.82) is 0 Å². The van der Waals surface area contributed by atoms with Crippen molar-refractivity contribution >= 4 is 39.3 Å². The maximum Gasteiger partial charge on any atom is 0.145 e. The molecule has 7 aromatic rings. The summed E-state index contributed by atoms with van der Waals surface area (Å²) < 4.78 is 4.69. The van der Waals surface area contributed by atoms with Gasteiger partial charge in [0.05, 0.1) is 33.8 Å². The minimum absolute atomic E-state index is 0.213. The lowest BCUT2D eigenvalue weighted by atomic mass is 10.00. The quantitative estimate of drug-likeness (QED) is 0.165. The predicted octanol–water partition coefficient (Wildman–Crippen LogP) is 10.9. The number of fused-ring (bicyclic) bond motifs is 3. The third kappa shape index (κ3) is 5.36. The van der Waals surface area contributed by atoms with Gasteiger partial charge >= 0.3 is 0 Å². The first-order chi connectivity index (χ1) is 27.2. The fourth-order valence-electron chi connectivity index (χ4n) is 8.60. The molecule has 0 saturated heterocycles. The van der Waals surface area contributed by atoms with Crippen LogP contribution in [0.2, 0.25) is 0 Å². The summed E-state index contributed by atoms with van der Waals surface area (Å²) in [6.07, 6.45) is 16.7. The zero-order valence-electron chi connectivity index (χ0n) is 30.5. The van der Waals surface area contributed by atoms with Crippen LogP contribution in [0.15, 0.2) is 186 Å². The standard InChI is InChI=1S/C49H38N6/c1-32-24-26-38(27-25-32)54-44-23-13-11-20-41(44)51-48(54)35-28-34(47-50-40-19-10-12-22-43(40)53(47)31-33-14-4-2-5-15-33)29-36(30-35)49-52-42-21-9-8-18-39-45(42)46(39)55(49)37-16-6-3-7-17-37/h2-24,26-30,32,39,46H,25,31H2,1H3/t32-,39?,46?/m0/s1. The highest BCUT2D eigenvalue weighted by molar-refractivity contribution is 6.14. The summed E-state index contributed by atoms with van der Waals surface area (Å²) in [5.41, 5.74) is 13.1. The summed E-state index contributed by atoms with van der Waals surface area (Å²) in [6, 6.07) is 45.4. The number of imidazole rings is 2. The normalized spacial score (nSPS) is 19.8. The number of hydrogen-bond acceptors (Lipinski definition) is 4. The van der Waals surface area contributed by atoms with Crippen molar-refractivity contribution in [2.75, 3.05) is 4.90 Å². The first-order valence-corrected chi connectivity index (χ1v) is 19.2. The SMILES string of the molecule is C[C@H]1C=CC(n2c(-c3cc(C4=NC5=C6C(C=CC=C5)C6N4c4ccccc4)cc(-c4nc5ccccc5n4Cc4ccccc4)c3)nc3ccccc32)=CC1. The van der Waals surface area contributed by atoms with E-state index in [1.54, 1.807) is 0 Å². The number of anilines is 1. The second-order valence-electron chi connectivity index (χ2n) is 15.0. The topological polar surface area (TPSA) is 51.2 Å². The molecule has 6 heteroatoms. The minimum Gasteiger partial charge on any atom is -0.319 e. The number of aromatic nitrogens is 4. The van der Waals surface area contributed by atoms with Gasteiger partial charge in [0.2, 0.25) is 0 Å². The molecule has 4 aliphatic rings. The Morgan fingerprint density at radius 2 is 1.33 bits per heavy atom. The van der Waals surface area contributed by atoms with Gasteiger partial charge in [-0.1, -0.05) is 110 Å². The van der Waals surface area contributed by atoms with Gasteiger partial charge < -0.3 is 9.47 Å². The second kappa shape index (κ2) is 12.7. The van der Waals surface area contributed by atoms with Crippen molar-refractivity contribution in [3.8, 4) is 22.8 Å². The number of amidine groups is 1. The van der Waals surface area contributed by atoms with Gasteiger partial charge in [0, 0.05) is 40.5 Å². The first kappa shape index (κ1) is 31.7. The zero-order chi connectivity index (χ0) is 36.5. The number of hydrogen-bond donors (Lipinski definition) is 0. The number of allylic oxidation sites excluding steroid dienone is 7. The molecule has 1 saturated carbocycles. The molecule has 3 aliphatic carbocycles. The van der Waals surface area contributed by atoms with Crippen LogP contribution in [-0.2, 0) is 6.54 Å². The van der Waals surface area contributed by atoms with E-state index >= 15 is 0 Å². The molecular formula is C49H38N6. The first-order valence-electron chi connectivity index (χ1n) is 19.2. The molecular weight excluding hydrogens is 673 g/mol. The lowest BCUT2D eigenvalue weighted by Crippen LogP contribution is -2.36. The maximum absolute atomic E-state index is 5.50. The van der Waals surface area contributed by atoms with Crippen molar-refractivity contribution < 1.29 is 0 Å². The Kier molecular flexibility index (Phi) is 7.30. The van der Waals surface area contributed by atoms with Crippen molar-refractivity contribution in [3.05, 3.63) is 192 Å². The Bertz CT molecular complexity index is 2840. The number of nitrogens with zero attached hydrogens (tertiary/aromatic N) is 6. The average molecular weight is 711 g/mol. The van der Waals surface area contributed by atoms with E-state index in [9.17, 15) is 0 Å². The van der Waals surface area contributed by atoms with Crippen molar-refractivity contribution in [2.24, 2.45) is 16.8 Å². The van der Waals surface area contributed by atoms with Gasteiger partial charge in [-0.25, -0.2) is 15.0 Å². The van der Waals surface area contributed by atoms with Gasteiger partial charge in [0.1, 0.15) is 17.5 Å². The van der Waals surface area contributed by atoms with E-state index in [1.165, 1.54) is 11.1 Å². The third-order valence-electron chi connectivity index (χ3n) is 11.3. The largest absolute Gasteiger partial charge is 0.319 e. The lowest BCUT2D eigenvalue weighted by molar-refractivity contribution is 0.735. The molecule has 2 unspecified atom stereocenters. The molecule has 6 nitrogen and oxygen atoms in total. The van der Waals surface area contributed by atoms with E-state index in [2.05, 4.69) is 191 Å². The van der Waals surface area contributed by atoms with E-state index in [0.29, 0.717) is 18.4 Å². The highest BCUT2D eigenvalue weighted by atomic mass is 15.3. The maximum atomic E-state index is 5.50. The Hall–Kier alpha value is -6.79. The van der Waals surface area contributed by atoms with Crippen LogP contribution >= 0.6 is 0 Å². The van der Waals surface area contributed by atoms with Crippen LogP contribution in [0, 0.1) is 11.8 Å². The van der Waals surface area contributed by atoms with Crippen molar-refractivity contribution in [2.45, 2.75) is 25.9 Å². The highest BCUT2D eigenvalue weighted by Crippen LogP contribution is 2.52. The third-order valence-corrected chi connectivity index (χ3v) is 11.3. The molecule has 5 aromatic carbocycles. The summed E-state index contributed by atoms with van der Waals surface area (Å²) >= 11 is 0. The Morgan fingerprint density at radius 1 is 0.655 bits per heavy atom. The number of para-hydroxylation sites is 5. The summed E-state index contributed by atoms with van der Waals surface area (Å²) in [4.78, 5) is 18.7. The van der Waals surface area contributed by atoms with E-state index in [-0.39, 0.29) is 6.04 Å². The molecule has 0 spiro atoms. The van der Waals surface area contributed by atoms with E-state index in [0.717, 1.165) is 79.7 Å². The Labute approximate surface area is 320 Å². The van der Waals surface area contributed by atoms with Crippen LogP contribution in [-0.4, -0.2) is 31.0 Å². The van der Waals surface area contributed by atoms with Crippen LogP contribution < -0.4 is 4.90 Å². The van der Waals surface area contributed by atoms with E-state index < -0.39 is 0 Å². The predicted molar refractivity (Wildman–Crippen MR) is 225 cm³/mol. The molecule has 0 N–H and O–H groups in total. The van der Waals surface area contributed by atoms with Crippen molar-refractivity contribution in [3.63, 3.8) is 0 Å². The Balaban J connectivity index is 1.18. The number of rotatable bonds is 7. The molecule has 0 bridgehead atoms. The van der Waals surface area contributed by atoms with E-state index in [1.807, 2.05) is 0 Å². The fraction of sp³-hybridized carbons (Fsp3) is 0.122. The van der Waals surface area contributed by atoms with Crippen LogP contribution in [0.25, 0.3) is 50.5 Å². The number of aliphatic imine (C=N–C) groups is 1. The van der Waals surface area contributed by atoms with Crippen molar-refractivity contribution in [1.82, 2.24) is 19.1 Å². The van der Waals surface area contributed by atoms with E-state index in [4.69, 9.17) is 15.0 Å². The monoisotopic (exact) mass is 710 g/mol. The van der Waals surface area contributed by atoms with Gasteiger partial charge in [-0.2, -0.15) is 0 Å². The summed E-state index contributed by atoms with van der Waals surface area (Å²) in [6.45, 7) is 2.96. The highest BCUT2D eigenvalue weighted by Gasteiger charge is 2.52. The lowest BCUT2D eigenvalue weighted by Gasteiger charge is -2.29. The molecule has 264 valence electrons. The number of benzene rings is 5. The molecule has 11 rings (SSSR count). The second-order valence-corrected chi connectivity index (χ2v) is 15.0. The van der Waals surface area contributed by atoms with Crippen LogP contribution in [0.3, 0.4) is 0 Å². The summed E-state index contributed by atoms with van der Waals surface area (Å²) in [5, 5.41) is 0. The summed E-state index contributed by atoms with van der Waals surface area (Å²) in [5.74, 6) is 3.55. The molecule has 55 heavy (non-hydrogen) atoms. The van der Waals surface area contributed by atoms with Gasteiger partial charge in [-0.05, 0) is 90.2 Å². The molecule has 3 atom stereocenters.